The highest BCUT2D eigenvalue weighted by molar-refractivity contribution is 6.06. The molecule has 1 atom stereocenters. The molecule has 0 heterocycles. The predicted octanol–water partition coefficient (Wildman–Crippen LogP) is 2.14. The first-order valence-electron chi connectivity index (χ1n) is 7.13. The molecule has 1 unspecified atom stereocenters. The van der Waals surface area contributed by atoms with E-state index < -0.39 is 23.3 Å². The van der Waals surface area contributed by atoms with Gasteiger partial charge in [-0.05, 0) is 39.5 Å². The van der Waals surface area contributed by atoms with E-state index in [1.807, 2.05) is 0 Å². The van der Waals surface area contributed by atoms with Gasteiger partial charge in [0.15, 0.2) is 5.41 Å². The molecular weight excluding hydrogens is 262 g/mol. The average Bonchev–Trinajstić information content (AvgIpc) is 2.90. The lowest BCUT2D eigenvalue weighted by atomic mass is 9.71. The molecule has 1 saturated carbocycles. The van der Waals surface area contributed by atoms with Gasteiger partial charge in [-0.3, -0.25) is 9.59 Å². The van der Waals surface area contributed by atoms with Crippen molar-refractivity contribution in [3.63, 3.8) is 0 Å². The summed E-state index contributed by atoms with van der Waals surface area (Å²) in [4.78, 5) is 24.8. The van der Waals surface area contributed by atoms with Crippen molar-refractivity contribution in [1.82, 2.24) is 0 Å². The number of esters is 2. The second kappa shape index (κ2) is 7.26. The van der Waals surface area contributed by atoms with Crippen LogP contribution in [0.25, 0.3) is 0 Å². The van der Waals surface area contributed by atoms with E-state index in [0.29, 0.717) is 18.6 Å². The second-order valence-corrected chi connectivity index (χ2v) is 4.80. The molecule has 1 N–H and O–H groups in total. The van der Waals surface area contributed by atoms with Gasteiger partial charge in [0, 0.05) is 5.92 Å². The fourth-order valence-corrected chi connectivity index (χ4v) is 2.90. The lowest BCUT2D eigenvalue weighted by Gasteiger charge is -2.33. The minimum absolute atomic E-state index is 0.193. The van der Waals surface area contributed by atoms with Crippen LogP contribution in [0.15, 0.2) is 5.16 Å². The zero-order valence-corrected chi connectivity index (χ0v) is 12.3. The normalized spacial score (nSPS) is 20.9. The summed E-state index contributed by atoms with van der Waals surface area (Å²) in [7, 11) is 0. The van der Waals surface area contributed by atoms with E-state index in [9.17, 15) is 9.59 Å². The Morgan fingerprint density at radius 2 is 1.80 bits per heavy atom. The van der Waals surface area contributed by atoms with Gasteiger partial charge >= 0.3 is 11.9 Å². The van der Waals surface area contributed by atoms with Crippen molar-refractivity contribution in [2.45, 2.75) is 46.5 Å². The molecule has 1 aliphatic rings. The van der Waals surface area contributed by atoms with E-state index in [-0.39, 0.29) is 19.6 Å². The Hall–Kier alpha value is -1.59. The van der Waals surface area contributed by atoms with Crippen LogP contribution in [0.2, 0.25) is 0 Å². The van der Waals surface area contributed by atoms with Gasteiger partial charge in [-0.15, -0.1) is 0 Å². The van der Waals surface area contributed by atoms with Gasteiger partial charge in [-0.2, -0.15) is 0 Å². The van der Waals surface area contributed by atoms with Crippen molar-refractivity contribution in [3.05, 3.63) is 0 Å². The first-order valence-corrected chi connectivity index (χ1v) is 7.13. The minimum atomic E-state index is -1.40. The Balaban J connectivity index is 3.23. The number of hydrogen-bond donors (Lipinski definition) is 1. The van der Waals surface area contributed by atoms with Gasteiger partial charge in [0.2, 0.25) is 0 Å². The predicted molar refractivity (Wildman–Crippen MR) is 72.6 cm³/mol. The van der Waals surface area contributed by atoms with E-state index in [1.54, 1.807) is 20.8 Å². The zero-order valence-electron chi connectivity index (χ0n) is 12.3. The van der Waals surface area contributed by atoms with Gasteiger partial charge in [-0.1, -0.05) is 12.1 Å². The fraction of sp³-hybridized carbons (Fsp3) is 0.786. The Labute approximate surface area is 119 Å². The van der Waals surface area contributed by atoms with Crippen molar-refractivity contribution in [2.24, 2.45) is 16.5 Å². The van der Waals surface area contributed by atoms with Crippen molar-refractivity contribution >= 4 is 17.7 Å². The van der Waals surface area contributed by atoms with Crippen LogP contribution >= 0.6 is 0 Å². The highest BCUT2D eigenvalue weighted by Crippen LogP contribution is 2.43. The molecule has 0 saturated heterocycles. The number of nitrogens with zero attached hydrogens (tertiary/aromatic N) is 1. The van der Waals surface area contributed by atoms with Gasteiger partial charge in [0.1, 0.15) is 0 Å². The molecule has 1 fully saturated rings. The van der Waals surface area contributed by atoms with Crippen molar-refractivity contribution in [2.75, 3.05) is 13.2 Å². The van der Waals surface area contributed by atoms with Crippen LogP contribution in [0.4, 0.5) is 0 Å². The van der Waals surface area contributed by atoms with E-state index in [0.717, 1.165) is 6.42 Å². The van der Waals surface area contributed by atoms with Crippen LogP contribution in [-0.4, -0.2) is 36.1 Å². The molecule has 1 aliphatic carbocycles. The maximum absolute atomic E-state index is 12.4. The Morgan fingerprint density at radius 3 is 2.20 bits per heavy atom. The third-order valence-corrected chi connectivity index (χ3v) is 3.89. The van der Waals surface area contributed by atoms with Crippen molar-refractivity contribution < 1.29 is 24.3 Å². The highest BCUT2D eigenvalue weighted by atomic mass is 16.6. The molecule has 0 aromatic rings. The van der Waals surface area contributed by atoms with E-state index >= 15 is 0 Å². The van der Waals surface area contributed by atoms with Gasteiger partial charge in [-0.25, -0.2) is 0 Å². The van der Waals surface area contributed by atoms with Crippen LogP contribution in [0.5, 0.6) is 0 Å². The highest BCUT2D eigenvalue weighted by Gasteiger charge is 2.56. The van der Waals surface area contributed by atoms with Crippen molar-refractivity contribution in [3.8, 4) is 0 Å². The van der Waals surface area contributed by atoms with Crippen LogP contribution in [-0.2, 0) is 19.1 Å². The molecule has 0 spiro atoms. The van der Waals surface area contributed by atoms with Gasteiger partial charge in [0.25, 0.3) is 0 Å². The minimum Gasteiger partial charge on any atom is -0.465 e. The zero-order chi connectivity index (χ0) is 15.2. The third-order valence-electron chi connectivity index (χ3n) is 3.89. The first kappa shape index (κ1) is 16.5. The molecule has 0 bridgehead atoms. The molecule has 0 radical (unpaired) electrons. The van der Waals surface area contributed by atoms with Crippen LogP contribution in [0, 0.1) is 11.3 Å². The maximum atomic E-state index is 12.4. The largest absolute Gasteiger partial charge is 0.465 e. The molecule has 114 valence electrons. The van der Waals surface area contributed by atoms with E-state index in [4.69, 9.17) is 14.7 Å². The van der Waals surface area contributed by atoms with Crippen LogP contribution in [0.3, 0.4) is 0 Å². The molecule has 0 aromatic carbocycles. The lowest BCUT2D eigenvalue weighted by Crippen LogP contribution is -2.49. The second-order valence-electron chi connectivity index (χ2n) is 4.80. The lowest BCUT2D eigenvalue weighted by molar-refractivity contribution is -0.175. The Bertz CT molecular complexity index is 373. The van der Waals surface area contributed by atoms with E-state index in [1.165, 1.54) is 0 Å². The van der Waals surface area contributed by atoms with E-state index in [2.05, 4.69) is 5.16 Å². The molecule has 0 aliphatic heterocycles. The third kappa shape index (κ3) is 2.78. The fourth-order valence-electron chi connectivity index (χ4n) is 2.90. The van der Waals surface area contributed by atoms with Gasteiger partial charge in [0.05, 0.1) is 18.9 Å². The Kier molecular flexibility index (Phi) is 5.98. The van der Waals surface area contributed by atoms with Crippen molar-refractivity contribution in [1.29, 1.82) is 0 Å². The summed E-state index contributed by atoms with van der Waals surface area (Å²) in [5.41, 5.74) is -0.919. The maximum Gasteiger partial charge on any atom is 0.324 e. The molecular formula is C14H23NO5. The van der Waals surface area contributed by atoms with Gasteiger partial charge < -0.3 is 14.7 Å². The number of oxime groups is 1. The summed E-state index contributed by atoms with van der Waals surface area (Å²) in [6, 6.07) is 0. The number of rotatable bonds is 6. The Morgan fingerprint density at radius 1 is 1.25 bits per heavy atom. The summed E-state index contributed by atoms with van der Waals surface area (Å²) in [5.74, 6) is -1.63. The van der Waals surface area contributed by atoms with Crippen LogP contribution < -0.4 is 0 Å². The average molecular weight is 285 g/mol. The molecule has 20 heavy (non-hydrogen) atoms. The van der Waals surface area contributed by atoms with Crippen LogP contribution in [0.1, 0.15) is 46.5 Å². The number of carbonyl (C=O) groups is 2. The SMILES string of the molecule is CCOC(=O)C(CC)(C(=O)OCC)C1CCC/C1=N\O. The molecule has 0 aromatic heterocycles. The number of hydrogen-bond acceptors (Lipinski definition) is 6. The summed E-state index contributed by atoms with van der Waals surface area (Å²) < 4.78 is 10.2. The summed E-state index contributed by atoms with van der Waals surface area (Å²) in [5, 5.41) is 12.4. The summed E-state index contributed by atoms with van der Waals surface area (Å²) >= 11 is 0. The molecule has 6 heteroatoms. The molecule has 0 amide bonds. The monoisotopic (exact) mass is 285 g/mol. The first-order chi connectivity index (χ1) is 9.58. The molecule has 6 nitrogen and oxygen atoms in total. The summed E-state index contributed by atoms with van der Waals surface area (Å²) in [6.45, 7) is 5.52. The smallest absolute Gasteiger partial charge is 0.324 e. The standard InChI is InChI=1S/C14H23NO5/c1-4-14(12(16)19-5-2,13(17)20-6-3)10-8-7-9-11(10)15-18/h10,18H,4-9H2,1-3H3/b15-11+. The summed E-state index contributed by atoms with van der Waals surface area (Å²) in [6.07, 6.45) is 2.24. The quantitative estimate of drug-likeness (QED) is 0.350. The topological polar surface area (TPSA) is 85.2 Å². The number of ether oxygens (including phenoxy) is 2. The number of carbonyl (C=O) groups excluding carboxylic acids is 2. The molecule has 1 rings (SSSR count).